The van der Waals surface area contributed by atoms with Crippen molar-refractivity contribution in [3.05, 3.63) is 41.7 Å². The predicted octanol–water partition coefficient (Wildman–Crippen LogP) is 1.58. The van der Waals surface area contributed by atoms with Gasteiger partial charge in [0, 0.05) is 26.1 Å². The Hall–Kier alpha value is -2.57. The molecular weight excluding hydrogens is 298 g/mol. The van der Waals surface area contributed by atoms with Gasteiger partial charge in [-0.25, -0.2) is 0 Å². The summed E-state index contributed by atoms with van der Waals surface area (Å²) in [5, 5.41) is 3.89. The van der Waals surface area contributed by atoms with Crippen LogP contribution in [0, 0.1) is 12.8 Å². The van der Waals surface area contributed by atoms with E-state index in [1.54, 1.807) is 42.2 Å². The Morgan fingerprint density at radius 1 is 1.52 bits per heavy atom. The molecule has 0 bridgehead atoms. The molecule has 23 heavy (non-hydrogen) atoms. The van der Waals surface area contributed by atoms with Crippen molar-refractivity contribution >= 4 is 11.8 Å². The summed E-state index contributed by atoms with van der Waals surface area (Å²) in [7, 11) is 1.71. The Bertz CT molecular complexity index is 692. The molecule has 1 aliphatic heterocycles. The summed E-state index contributed by atoms with van der Waals surface area (Å²) in [5.41, 5.74) is 0.704. The highest BCUT2D eigenvalue weighted by Gasteiger charge is 2.36. The maximum Gasteiger partial charge on any atom is 0.228 e. The van der Waals surface area contributed by atoms with E-state index in [1.165, 1.54) is 0 Å². The van der Waals surface area contributed by atoms with E-state index in [0.29, 0.717) is 31.1 Å². The molecule has 122 valence electrons. The summed E-state index contributed by atoms with van der Waals surface area (Å²) < 4.78 is 10.3. The number of carbonyl (C=O) groups is 2. The predicted molar refractivity (Wildman–Crippen MR) is 79.9 cm³/mol. The molecule has 7 heteroatoms. The molecule has 1 aliphatic rings. The first-order chi connectivity index (χ1) is 11.0. The van der Waals surface area contributed by atoms with E-state index in [1.807, 2.05) is 6.07 Å². The third kappa shape index (κ3) is 3.44. The molecule has 0 saturated carbocycles. The van der Waals surface area contributed by atoms with Gasteiger partial charge in [-0.3, -0.25) is 9.59 Å². The van der Waals surface area contributed by atoms with Gasteiger partial charge in [0.1, 0.15) is 17.2 Å². The average Bonchev–Trinajstić information content (AvgIpc) is 3.23. The number of amides is 2. The minimum atomic E-state index is -0.324. The molecule has 2 amide bonds. The minimum absolute atomic E-state index is 0.0227. The molecule has 1 saturated heterocycles. The molecule has 2 aromatic rings. The first-order valence-electron chi connectivity index (χ1n) is 7.50. The minimum Gasteiger partial charge on any atom is -0.467 e. The van der Waals surface area contributed by atoms with Crippen LogP contribution < -0.4 is 0 Å². The van der Waals surface area contributed by atoms with Crippen LogP contribution in [-0.4, -0.2) is 40.4 Å². The number of nitrogens with zero attached hydrogens (tertiary/aromatic N) is 3. The third-order valence-corrected chi connectivity index (χ3v) is 3.94. The van der Waals surface area contributed by atoms with E-state index in [0.717, 1.165) is 5.76 Å². The maximum absolute atomic E-state index is 12.5. The Kier molecular flexibility index (Phi) is 4.18. The third-order valence-electron chi connectivity index (χ3n) is 3.94. The van der Waals surface area contributed by atoms with Crippen molar-refractivity contribution in [1.82, 2.24) is 15.0 Å². The second kappa shape index (κ2) is 6.28. The zero-order chi connectivity index (χ0) is 16.4. The molecule has 0 aliphatic carbocycles. The van der Waals surface area contributed by atoms with Gasteiger partial charge in [-0.2, -0.15) is 0 Å². The first-order valence-corrected chi connectivity index (χ1v) is 7.50. The van der Waals surface area contributed by atoms with Crippen molar-refractivity contribution < 1.29 is 18.5 Å². The molecule has 0 aromatic carbocycles. The molecule has 2 aromatic heterocycles. The van der Waals surface area contributed by atoms with Crippen molar-refractivity contribution in [3.8, 4) is 0 Å². The first kappa shape index (κ1) is 15.3. The van der Waals surface area contributed by atoms with E-state index in [2.05, 4.69) is 5.16 Å². The fourth-order valence-corrected chi connectivity index (χ4v) is 2.81. The quantitative estimate of drug-likeness (QED) is 0.836. The van der Waals surface area contributed by atoms with Gasteiger partial charge >= 0.3 is 0 Å². The van der Waals surface area contributed by atoms with Crippen molar-refractivity contribution in [2.45, 2.75) is 26.4 Å². The lowest BCUT2D eigenvalue weighted by molar-refractivity contribution is -0.135. The lowest BCUT2D eigenvalue weighted by Crippen LogP contribution is -2.34. The van der Waals surface area contributed by atoms with Gasteiger partial charge in [0.15, 0.2) is 0 Å². The van der Waals surface area contributed by atoms with Crippen molar-refractivity contribution in [2.24, 2.45) is 5.92 Å². The molecule has 0 unspecified atom stereocenters. The Labute approximate surface area is 133 Å². The average molecular weight is 317 g/mol. The number of aryl methyl sites for hydroxylation is 1. The maximum atomic E-state index is 12.5. The highest BCUT2D eigenvalue weighted by molar-refractivity contribution is 5.89. The Morgan fingerprint density at radius 2 is 2.35 bits per heavy atom. The fraction of sp³-hybridized carbons (Fsp3) is 0.438. The summed E-state index contributed by atoms with van der Waals surface area (Å²) in [4.78, 5) is 27.9. The second-order valence-corrected chi connectivity index (χ2v) is 5.88. The SMILES string of the molecule is Cc1cc(CN(C)C(=O)[C@@H]2CC(=O)N(Cc3ccco3)C2)no1. The van der Waals surface area contributed by atoms with Crippen LogP contribution in [0.15, 0.2) is 33.4 Å². The molecule has 0 radical (unpaired) electrons. The number of rotatable bonds is 5. The normalized spacial score (nSPS) is 17.7. The van der Waals surface area contributed by atoms with Crippen LogP contribution in [0.5, 0.6) is 0 Å². The van der Waals surface area contributed by atoms with Crippen LogP contribution in [-0.2, 0) is 22.7 Å². The van der Waals surface area contributed by atoms with Crippen molar-refractivity contribution in [2.75, 3.05) is 13.6 Å². The molecule has 3 rings (SSSR count). The van der Waals surface area contributed by atoms with Crippen LogP contribution in [0.25, 0.3) is 0 Å². The van der Waals surface area contributed by atoms with Crippen molar-refractivity contribution in [1.29, 1.82) is 0 Å². The number of aromatic nitrogens is 1. The molecule has 3 heterocycles. The van der Waals surface area contributed by atoms with Gasteiger partial charge < -0.3 is 18.7 Å². The van der Waals surface area contributed by atoms with Gasteiger partial charge in [-0.15, -0.1) is 0 Å². The zero-order valence-corrected chi connectivity index (χ0v) is 13.2. The summed E-state index contributed by atoms with van der Waals surface area (Å²) >= 11 is 0. The summed E-state index contributed by atoms with van der Waals surface area (Å²) in [6.45, 7) is 3.00. The van der Waals surface area contributed by atoms with Crippen LogP contribution in [0.3, 0.4) is 0 Å². The molecular formula is C16H19N3O4. The van der Waals surface area contributed by atoms with Gasteiger partial charge in [0.2, 0.25) is 11.8 Å². The topological polar surface area (TPSA) is 79.8 Å². The Balaban J connectivity index is 1.58. The van der Waals surface area contributed by atoms with E-state index in [-0.39, 0.29) is 24.2 Å². The number of hydrogen-bond acceptors (Lipinski definition) is 5. The van der Waals surface area contributed by atoms with E-state index >= 15 is 0 Å². The van der Waals surface area contributed by atoms with Gasteiger partial charge in [0.05, 0.1) is 25.3 Å². The number of carbonyl (C=O) groups excluding carboxylic acids is 2. The van der Waals surface area contributed by atoms with Crippen LogP contribution >= 0.6 is 0 Å². The van der Waals surface area contributed by atoms with E-state index < -0.39 is 0 Å². The summed E-state index contributed by atoms with van der Waals surface area (Å²) in [5.74, 6) is 1.03. The molecule has 0 spiro atoms. The lowest BCUT2D eigenvalue weighted by Gasteiger charge is -2.20. The van der Waals surface area contributed by atoms with Crippen LogP contribution in [0.1, 0.15) is 23.6 Å². The Morgan fingerprint density at radius 3 is 3.00 bits per heavy atom. The van der Waals surface area contributed by atoms with E-state index in [9.17, 15) is 9.59 Å². The monoisotopic (exact) mass is 317 g/mol. The van der Waals surface area contributed by atoms with Gasteiger partial charge in [-0.05, 0) is 19.1 Å². The highest BCUT2D eigenvalue weighted by Crippen LogP contribution is 2.22. The molecule has 0 N–H and O–H groups in total. The lowest BCUT2D eigenvalue weighted by atomic mass is 10.1. The smallest absolute Gasteiger partial charge is 0.228 e. The molecule has 1 fully saturated rings. The number of furan rings is 1. The standard InChI is InChI=1S/C16H19N3O4/c1-11-6-13(17-23-11)9-18(2)16(21)12-7-15(20)19(8-12)10-14-4-3-5-22-14/h3-6,12H,7-10H2,1-2H3/t12-/m1/s1. The largest absolute Gasteiger partial charge is 0.467 e. The van der Waals surface area contributed by atoms with Crippen molar-refractivity contribution in [3.63, 3.8) is 0 Å². The number of likely N-dealkylation sites (tertiary alicyclic amines) is 1. The van der Waals surface area contributed by atoms with Crippen LogP contribution in [0.4, 0.5) is 0 Å². The molecule has 7 nitrogen and oxygen atoms in total. The van der Waals surface area contributed by atoms with Gasteiger partial charge in [-0.1, -0.05) is 5.16 Å². The highest BCUT2D eigenvalue weighted by atomic mass is 16.5. The second-order valence-electron chi connectivity index (χ2n) is 5.88. The molecule has 1 atom stereocenters. The zero-order valence-electron chi connectivity index (χ0n) is 13.2. The fourth-order valence-electron chi connectivity index (χ4n) is 2.81. The van der Waals surface area contributed by atoms with Gasteiger partial charge in [0.25, 0.3) is 0 Å². The number of hydrogen-bond donors (Lipinski definition) is 0. The van der Waals surface area contributed by atoms with E-state index in [4.69, 9.17) is 8.94 Å². The summed E-state index contributed by atoms with van der Waals surface area (Å²) in [6.07, 6.45) is 1.81. The van der Waals surface area contributed by atoms with Crippen LogP contribution in [0.2, 0.25) is 0 Å². The summed E-state index contributed by atoms with van der Waals surface area (Å²) in [6, 6.07) is 5.40.